The Kier molecular flexibility index (Phi) is 9.89. The van der Waals surface area contributed by atoms with Crippen LogP contribution in [0.3, 0.4) is 0 Å². The summed E-state index contributed by atoms with van der Waals surface area (Å²) in [7, 11) is 1.54. The van der Waals surface area contributed by atoms with Gasteiger partial charge in [-0.15, -0.1) is 0 Å². The number of aromatic nitrogens is 4. The molecule has 1 aromatic carbocycles. The predicted octanol–water partition coefficient (Wildman–Crippen LogP) is 1.66. The average Bonchev–Trinajstić information content (AvgIpc) is 3.20. The second kappa shape index (κ2) is 12.4. The van der Waals surface area contributed by atoms with E-state index in [1.54, 1.807) is 3.96 Å². The summed E-state index contributed by atoms with van der Waals surface area (Å²) < 4.78 is 10.3. The maximum absolute atomic E-state index is 12.0. The molecule has 0 radical (unpaired) electrons. The van der Waals surface area contributed by atoms with E-state index < -0.39 is 0 Å². The molecule has 170 valence electrons. The van der Waals surface area contributed by atoms with E-state index >= 15 is 0 Å². The molecule has 0 fully saturated rings. The molecule has 0 aliphatic rings. The van der Waals surface area contributed by atoms with Crippen LogP contribution in [0.2, 0.25) is 0 Å². The molecule has 2 heterocycles. The van der Waals surface area contributed by atoms with E-state index in [-0.39, 0.29) is 21.1 Å². The zero-order valence-corrected chi connectivity index (χ0v) is 19.6. The number of rotatable bonds is 9. The standard InChI is InChI=1S/C13H16N2O2S.C7H12N2O3S/c1-2-3-9-15-12(16)14(13(17)18-15)10-11-7-5-4-6-8-11;1-3-9-6(10)8(4-5-12-2)7(11)13-9/h4-8H,2-3,9-10H2,1H3;3-5H2,1-2H3. The summed E-state index contributed by atoms with van der Waals surface area (Å²) >= 11 is 1.96. The number of hydrogen-bond acceptors (Lipinski definition) is 7. The first-order valence-electron chi connectivity index (χ1n) is 10.1. The van der Waals surface area contributed by atoms with Crippen molar-refractivity contribution >= 4 is 23.1 Å². The lowest BCUT2D eigenvalue weighted by molar-refractivity contribution is 0.185. The van der Waals surface area contributed by atoms with Crippen LogP contribution in [0.25, 0.3) is 0 Å². The van der Waals surface area contributed by atoms with Gasteiger partial charge in [0.15, 0.2) is 0 Å². The highest BCUT2D eigenvalue weighted by Gasteiger charge is 2.10. The van der Waals surface area contributed by atoms with Crippen molar-refractivity contribution in [1.82, 2.24) is 17.0 Å². The van der Waals surface area contributed by atoms with E-state index in [4.69, 9.17) is 4.74 Å². The van der Waals surface area contributed by atoms with E-state index in [1.807, 2.05) is 37.3 Å². The van der Waals surface area contributed by atoms with Crippen LogP contribution in [0.4, 0.5) is 0 Å². The Balaban J connectivity index is 0.000000233. The Morgan fingerprint density at radius 1 is 0.839 bits per heavy atom. The van der Waals surface area contributed by atoms with Gasteiger partial charge in [0.2, 0.25) is 0 Å². The Hall–Kier alpha value is -2.50. The number of unbranched alkanes of at least 4 members (excludes halogenated alkanes) is 1. The van der Waals surface area contributed by atoms with E-state index in [0.29, 0.717) is 32.8 Å². The molecule has 0 aliphatic heterocycles. The fourth-order valence-electron chi connectivity index (χ4n) is 2.70. The minimum Gasteiger partial charge on any atom is -0.383 e. The molecule has 2 aromatic heterocycles. The van der Waals surface area contributed by atoms with Crippen molar-refractivity contribution in [2.24, 2.45) is 0 Å². The van der Waals surface area contributed by atoms with Gasteiger partial charge < -0.3 is 4.74 Å². The molecule has 0 bridgehead atoms. The number of nitrogens with zero attached hydrogens (tertiary/aromatic N) is 4. The molecule has 0 aliphatic carbocycles. The smallest absolute Gasteiger partial charge is 0.341 e. The topological polar surface area (TPSA) is 97.2 Å². The molecule has 3 rings (SSSR count). The monoisotopic (exact) mass is 468 g/mol. The Labute approximate surface area is 187 Å². The lowest BCUT2D eigenvalue weighted by Gasteiger charge is -2.00. The zero-order chi connectivity index (χ0) is 22.8. The summed E-state index contributed by atoms with van der Waals surface area (Å²) in [5, 5.41) is 0. The van der Waals surface area contributed by atoms with Gasteiger partial charge >= 0.3 is 21.1 Å². The molecule has 0 spiro atoms. The summed E-state index contributed by atoms with van der Waals surface area (Å²) in [5.41, 5.74) is 0.536. The summed E-state index contributed by atoms with van der Waals surface area (Å²) in [5.74, 6) is 0. The molecule has 9 nitrogen and oxygen atoms in total. The minimum absolute atomic E-state index is 0.181. The maximum atomic E-state index is 12.0. The molecule has 0 N–H and O–H groups in total. The van der Waals surface area contributed by atoms with Crippen LogP contribution >= 0.6 is 23.1 Å². The van der Waals surface area contributed by atoms with Crippen LogP contribution in [0.15, 0.2) is 49.5 Å². The third kappa shape index (κ3) is 6.74. The van der Waals surface area contributed by atoms with Gasteiger partial charge in [0.1, 0.15) is 0 Å². The normalized spacial score (nSPS) is 10.7. The molecule has 0 saturated heterocycles. The van der Waals surface area contributed by atoms with Crippen LogP contribution < -0.4 is 21.1 Å². The van der Waals surface area contributed by atoms with Gasteiger partial charge in [-0.1, -0.05) is 43.7 Å². The van der Waals surface area contributed by atoms with Crippen LogP contribution in [0.1, 0.15) is 32.3 Å². The van der Waals surface area contributed by atoms with Gasteiger partial charge in [-0.3, -0.25) is 9.59 Å². The third-order valence-electron chi connectivity index (χ3n) is 4.41. The highest BCUT2D eigenvalue weighted by Crippen LogP contribution is 2.00. The average molecular weight is 469 g/mol. The van der Waals surface area contributed by atoms with Crippen LogP contribution in [-0.2, 0) is 30.9 Å². The van der Waals surface area contributed by atoms with Crippen LogP contribution in [-0.4, -0.2) is 30.8 Å². The first kappa shape index (κ1) is 24.8. The second-order valence-electron chi connectivity index (χ2n) is 6.65. The highest BCUT2D eigenvalue weighted by molar-refractivity contribution is 7.03. The largest absolute Gasteiger partial charge is 0.383 e. The SMILES string of the molecule is CCCCn1sc(=O)n(Cc2ccccc2)c1=O.CCn1sc(=O)n(CCOC)c1=O. The van der Waals surface area contributed by atoms with E-state index in [1.165, 1.54) is 20.2 Å². The number of aryl methyl sites for hydroxylation is 2. The maximum Gasteiger partial charge on any atom is 0.341 e. The summed E-state index contributed by atoms with van der Waals surface area (Å²) in [6.07, 6.45) is 1.93. The van der Waals surface area contributed by atoms with Crippen molar-refractivity contribution in [2.75, 3.05) is 13.7 Å². The fourth-order valence-corrected chi connectivity index (χ4v) is 4.29. The summed E-state index contributed by atoms with van der Waals surface area (Å²) in [6, 6.07) is 9.56. The van der Waals surface area contributed by atoms with Gasteiger partial charge in [-0.05, 0) is 18.9 Å². The van der Waals surface area contributed by atoms with Crippen molar-refractivity contribution in [3.8, 4) is 0 Å². The number of benzene rings is 1. The van der Waals surface area contributed by atoms with Gasteiger partial charge in [-0.25, -0.2) is 26.6 Å². The van der Waals surface area contributed by atoms with Gasteiger partial charge in [0.25, 0.3) is 0 Å². The molecule has 0 atom stereocenters. The molecule has 0 amide bonds. The first-order chi connectivity index (χ1) is 14.9. The molecular formula is C20H28N4O5S2. The molecular weight excluding hydrogens is 440 g/mol. The van der Waals surface area contributed by atoms with Gasteiger partial charge in [0.05, 0.1) is 19.7 Å². The second-order valence-corrected chi connectivity index (χ2v) is 8.59. The number of hydrogen-bond donors (Lipinski definition) is 0. The zero-order valence-electron chi connectivity index (χ0n) is 18.0. The van der Waals surface area contributed by atoms with Crippen molar-refractivity contribution in [1.29, 1.82) is 0 Å². The van der Waals surface area contributed by atoms with E-state index in [0.717, 1.165) is 41.5 Å². The van der Waals surface area contributed by atoms with Crippen LogP contribution in [0, 0.1) is 0 Å². The molecule has 11 heteroatoms. The number of ether oxygens (including phenoxy) is 1. The number of methoxy groups -OCH3 is 1. The molecule has 31 heavy (non-hydrogen) atoms. The lowest BCUT2D eigenvalue weighted by atomic mass is 10.2. The Morgan fingerprint density at radius 3 is 2.03 bits per heavy atom. The van der Waals surface area contributed by atoms with Crippen molar-refractivity contribution < 1.29 is 4.74 Å². The lowest BCUT2D eigenvalue weighted by Crippen LogP contribution is -2.30. The summed E-state index contributed by atoms with van der Waals surface area (Å²) in [6.45, 7) is 6.14. The highest BCUT2D eigenvalue weighted by atomic mass is 32.1. The Morgan fingerprint density at radius 2 is 1.45 bits per heavy atom. The third-order valence-corrected chi connectivity index (χ3v) is 6.36. The van der Waals surface area contributed by atoms with Gasteiger partial charge in [-0.2, -0.15) is 0 Å². The van der Waals surface area contributed by atoms with E-state index in [9.17, 15) is 19.2 Å². The van der Waals surface area contributed by atoms with E-state index in [2.05, 4.69) is 6.92 Å². The Bertz CT molecular complexity index is 1170. The minimum atomic E-state index is -0.241. The van der Waals surface area contributed by atoms with Crippen molar-refractivity contribution in [2.45, 2.75) is 52.9 Å². The fraction of sp³-hybridized carbons (Fsp3) is 0.500. The molecule has 3 aromatic rings. The van der Waals surface area contributed by atoms with Crippen molar-refractivity contribution in [3.63, 3.8) is 0 Å². The van der Waals surface area contributed by atoms with Crippen LogP contribution in [0.5, 0.6) is 0 Å². The predicted molar refractivity (Wildman–Crippen MR) is 124 cm³/mol. The quantitative estimate of drug-likeness (QED) is 0.476. The van der Waals surface area contributed by atoms with Crippen molar-refractivity contribution in [3.05, 3.63) is 76.2 Å². The van der Waals surface area contributed by atoms with Gasteiger partial charge in [0, 0.05) is 43.3 Å². The summed E-state index contributed by atoms with van der Waals surface area (Å²) in [4.78, 5) is 46.1. The first-order valence-corrected chi connectivity index (χ1v) is 11.6. The molecule has 0 unspecified atom stereocenters. The molecule has 0 saturated carbocycles.